The van der Waals surface area contributed by atoms with Crippen LogP contribution >= 0.6 is 0 Å². The summed E-state index contributed by atoms with van der Waals surface area (Å²) < 4.78 is 12.6. The van der Waals surface area contributed by atoms with Crippen molar-refractivity contribution in [1.82, 2.24) is 0 Å². The van der Waals surface area contributed by atoms with Crippen molar-refractivity contribution in [2.45, 2.75) is 0 Å². The zero-order chi connectivity index (χ0) is 7.52. The monoisotopic (exact) mass is 158 g/mol. The molecular weight excluding hydrogens is 152 g/mol. The molecule has 0 N–H and O–H groups in total. The van der Waals surface area contributed by atoms with Gasteiger partial charge in [-0.15, -0.1) is 0 Å². The summed E-state index contributed by atoms with van der Waals surface area (Å²) in [5, 5.41) is 0. The molecule has 3 heteroatoms. The maximum Gasteiger partial charge on any atom is 0.564 e. The molecular formula is C8H6MgO2. The summed E-state index contributed by atoms with van der Waals surface area (Å²) in [6.45, 7) is 0. The van der Waals surface area contributed by atoms with E-state index in [0.717, 1.165) is 7.78 Å². The lowest BCUT2D eigenvalue weighted by molar-refractivity contribution is 0.590. The molecule has 0 amide bonds. The van der Waals surface area contributed by atoms with Gasteiger partial charge in [0.15, 0.2) is 0 Å². The maximum atomic E-state index is 5.21. The summed E-state index contributed by atoms with van der Waals surface area (Å²) in [6.07, 6.45) is 3.40. The Morgan fingerprint density at radius 2 is 1.45 bits per heavy atom. The van der Waals surface area contributed by atoms with Crippen molar-refractivity contribution in [2.24, 2.45) is 0 Å². The molecule has 52 valence electrons. The van der Waals surface area contributed by atoms with Crippen molar-refractivity contribution >= 4 is 28.1 Å². The van der Waals surface area contributed by atoms with Crippen molar-refractivity contribution in [1.29, 1.82) is 0 Å². The number of rotatable bonds is 2. The summed E-state index contributed by atoms with van der Waals surface area (Å²) in [5.41, 5.74) is 0. The largest absolute Gasteiger partial charge is 0.564 e. The second kappa shape index (κ2) is 3.15. The van der Waals surface area contributed by atoms with Gasteiger partial charge >= 0.3 is 20.4 Å². The molecule has 0 aromatic carbocycles. The van der Waals surface area contributed by atoms with Gasteiger partial charge in [0.25, 0.3) is 0 Å². The van der Waals surface area contributed by atoms with Gasteiger partial charge in [0.2, 0.25) is 0 Å². The highest BCUT2D eigenvalue weighted by Gasteiger charge is 2.07. The van der Waals surface area contributed by atoms with Gasteiger partial charge in [-0.05, 0) is 19.9 Å². The molecule has 0 fully saturated rings. The molecule has 0 aliphatic heterocycles. The van der Waals surface area contributed by atoms with E-state index in [4.69, 9.17) is 8.83 Å². The van der Waals surface area contributed by atoms with E-state index in [2.05, 4.69) is 0 Å². The van der Waals surface area contributed by atoms with E-state index in [9.17, 15) is 0 Å². The van der Waals surface area contributed by atoms with Crippen LogP contribution in [0.1, 0.15) is 0 Å². The van der Waals surface area contributed by atoms with E-state index in [1.165, 1.54) is 0 Å². The van der Waals surface area contributed by atoms with E-state index in [1.54, 1.807) is 12.5 Å². The fraction of sp³-hybridized carbons (Fsp3) is 0. The fourth-order valence-corrected chi connectivity index (χ4v) is 2.21. The molecule has 0 saturated carbocycles. The molecule has 0 radical (unpaired) electrons. The van der Waals surface area contributed by atoms with Crippen LogP contribution in [0.2, 0.25) is 0 Å². The third kappa shape index (κ3) is 1.67. The minimum atomic E-state index is -0.483. The molecule has 2 aromatic heterocycles. The van der Waals surface area contributed by atoms with Crippen LogP contribution in [0.3, 0.4) is 0 Å². The molecule has 0 saturated heterocycles. The fourth-order valence-electron chi connectivity index (χ4n) is 0.998. The van der Waals surface area contributed by atoms with E-state index in [-0.39, 0.29) is 0 Å². The molecule has 2 rings (SSSR count). The zero-order valence-corrected chi connectivity index (χ0v) is 7.40. The average molecular weight is 158 g/mol. The molecule has 2 aromatic rings. The van der Waals surface area contributed by atoms with Crippen molar-refractivity contribution in [3.05, 3.63) is 36.8 Å². The smallest absolute Gasteiger partial charge is 0.501 e. The van der Waals surface area contributed by atoms with Crippen LogP contribution in [0, 0.1) is 0 Å². The van der Waals surface area contributed by atoms with Crippen LogP contribution in [-0.4, -0.2) is 20.4 Å². The molecule has 0 aliphatic rings. The highest BCUT2D eigenvalue weighted by Crippen LogP contribution is 1.84. The first-order chi connectivity index (χ1) is 5.45. The minimum Gasteiger partial charge on any atom is -0.501 e. The molecule has 0 aliphatic carbocycles. The van der Waals surface area contributed by atoms with Crippen molar-refractivity contribution < 1.29 is 8.83 Å². The van der Waals surface area contributed by atoms with E-state index in [0.29, 0.717) is 0 Å². The first-order valence-corrected chi connectivity index (χ1v) is 4.91. The van der Waals surface area contributed by atoms with Crippen molar-refractivity contribution in [3.8, 4) is 0 Å². The van der Waals surface area contributed by atoms with E-state index < -0.39 is 20.4 Å². The van der Waals surface area contributed by atoms with Gasteiger partial charge < -0.3 is 8.83 Å². The van der Waals surface area contributed by atoms with Crippen LogP contribution in [0.4, 0.5) is 0 Å². The van der Waals surface area contributed by atoms with Gasteiger partial charge in [0, 0.05) is 0 Å². The third-order valence-corrected chi connectivity index (χ3v) is 3.01. The molecule has 0 bridgehead atoms. The predicted octanol–water partition coefficient (Wildman–Crippen LogP) is 0.528. The second-order valence-corrected chi connectivity index (χ2v) is 4.08. The van der Waals surface area contributed by atoms with Crippen LogP contribution in [0.15, 0.2) is 45.6 Å². The first-order valence-electron chi connectivity index (χ1n) is 3.50. The Balaban J connectivity index is 2.14. The predicted molar refractivity (Wildman–Crippen MR) is 42.4 cm³/mol. The van der Waals surface area contributed by atoms with Gasteiger partial charge in [-0.25, -0.2) is 0 Å². The second-order valence-electron chi connectivity index (χ2n) is 2.34. The molecule has 0 atom stereocenters. The van der Waals surface area contributed by atoms with Gasteiger partial charge in [-0.2, -0.15) is 0 Å². The topological polar surface area (TPSA) is 26.3 Å². The maximum absolute atomic E-state index is 5.21. The van der Waals surface area contributed by atoms with Crippen LogP contribution in [-0.2, 0) is 0 Å². The Bertz CT molecular complexity index is 264. The third-order valence-electron chi connectivity index (χ3n) is 1.51. The van der Waals surface area contributed by atoms with Gasteiger partial charge in [0.1, 0.15) is 0 Å². The molecule has 2 nitrogen and oxygen atoms in total. The van der Waals surface area contributed by atoms with Gasteiger partial charge in [-0.1, -0.05) is 12.1 Å². The number of hydrogen-bond acceptors (Lipinski definition) is 2. The quantitative estimate of drug-likeness (QED) is 0.596. The Kier molecular flexibility index (Phi) is 2.01. The summed E-state index contributed by atoms with van der Waals surface area (Å²) in [7, 11) is 0. The van der Waals surface area contributed by atoms with Gasteiger partial charge in [-0.3, -0.25) is 0 Å². The highest BCUT2D eigenvalue weighted by atomic mass is 24.5. The Morgan fingerprint density at radius 1 is 0.909 bits per heavy atom. The highest BCUT2D eigenvalue weighted by molar-refractivity contribution is 6.64. The van der Waals surface area contributed by atoms with Gasteiger partial charge in [0.05, 0.1) is 12.5 Å². The SMILES string of the molecule is c1co[c]([Mg][c]2ccco2)c1. The van der Waals surface area contributed by atoms with Crippen molar-refractivity contribution in [3.63, 3.8) is 0 Å². The van der Waals surface area contributed by atoms with Crippen LogP contribution < -0.4 is 7.78 Å². The number of furan rings is 2. The molecule has 0 spiro atoms. The summed E-state index contributed by atoms with van der Waals surface area (Å²) >= 11 is -0.483. The average Bonchev–Trinajstić information content (AvgIpc) is 2.60. The summed E-state index contributed by atoms with van der Waals surface area (Å²) in [5.74, 6) is 0. The first kappa shape index (κ1) is 7.00. The van der Waals surface area contributed by atoms with E-state index in [1.807, 2.05) is 24.3 Å². The molecule has 11 heavy (non-hydrogen) atoms. The van der Waals surface area contributed by atoms with Crippen LogP contribution in [0.5, 0.6) is 0 Å². The normalized spacial score (nSPS) is 9.45. The Morgan fingerprint density at radius 3 is 1.82 bits per heavy atom. The lowest BCUT2D eigenvalue weighted by Crippen LogP contribution is -2.23. The Hall–Kier alpha value is -0.674. The molecule has 0 unspecified atom stereocenters. The van der Waals surface area contributed by atoms with Crippen LogP contribution in [0.25, 0.3) is 0 Å². The zero-order valence-electron chi connectivity index (χ0n) is 5.99. The van der Waals surface area contributed by atoms with E-state index >= 15 is 0 Å². The lowest BCUT2D eigenvalue weighted by atomic mass is 10.7. The standard InChI is InChI=1S/2C4H3O.Mg/c2*1-2-4-5-3-1;/h2*1-3H;. The Labute approximate surface area is 73.9 Å². The van der Waals surface area contributed by atoms with Crippen molar-refractivity contribution in [2.75, 3.05) is 0 Å². The minimum absolute atomic E-state index is 0.483. The molecule has 2 heterocycles. The number of hydrogen-bond donors (Lipinski definition) is 0. The lowest BCUT2D eigenvalue weighted by Gasteiger charge is -1.87. The summed E-state index contributed by atoms with van der Waals surface area (Å²) in [6, 6.07) is 7.81. The summed E-state index contributed by atoms with van der Waals surface area (Å²) in [4.78, 5) is 0.